The van der Waals surface area contributed by atoms with Crippen LogP contribution in [0.25, 0.3) is 5.70 Å². The highest BCUT2D eigenvalue weighted by Gasteiger charge is 2.06. The van der Waals surface area contributed by atoms with E-state index in [4.69, 9.17) is 23.2 Å². The number of rotatable bonds is 5. The summed E-state index contributed by atoms with van der Waals surface area (Å²) in [4.78, 5) is 3.26. The summed E-state index contributed by atoms with van der Waals surface area (Å²) in [6.45, 7) is 0. The van der Waals surface area contributed by atoms with Crippen molar-refractivity contribution >= 4 is 78.3 Å². The Balaban J connectivity index is 0.00000280. The maximum atomic E-state index is 6.20. The summed E-state index contributed by atoms with van der Waals surface area (Å²) >= 11 is 19.2. The van der Waals surface area contributed by atoms with Crippen molar-refractivity contribution in [3.63, 3.8) is 0 Å². The van der Waals surface area contributed by atoms with Gasteiger partial charge in [-0.25, -0.2) is 4.99 Å². The van der Waals surface area contributed by atoms with Crippen LogP contribution < -0.4 is 22.7 Å². The molecule has 0 aliphatic heterocycles. The third kappa shape index (κ3) is 6.64. The molecular weight excluding hydrogens is 546 g/mol. The van der Waals surface area contributed by atoms with Gasteiger partial charge in [0.25, 0.3) is 0 Å². The van der Waals surface area contributed by atoms with Crippen LogP contribution in [0, 0.1) is 0 Å². The third-order valence-electron chi connectivity index (χ3n) is 3.70. The van der Waals surface area contributed by atoms with Gasteiger partial charge in [-0.2, -0.15) is 0 Å². The lowest BCUT2D eigenvalue weighted by Crippen LogP contribution is -3.00. The fourth-order valence-corrected chi connectivity index (χ4v) is 3.16. The van der Waals surface area contributed by atoms with E-state index < -0.39 is 0 Å². The zero-order valence-electron chi connectivity index (χ0n) is 14.4. The van der Waals surface area contributed by atoms with Crippen molar-refractivity contribution in [1.29, 1.82) is 0 Å². The van der Waals surface area contributed by atoms with Crippen LogP contribution in [0.5, 0.6) is 0 Å². The highest BCUT2D eigenvalue weighted by molar-refractivity contribution is 9.10. The lowest BCUT2D eigenvalue weighted by Gasteiger charge is -2.11. The zero-order valence-corrected chi connectivity index (χ0v) is 19.8. The van der Waals surface area contributed by atoms with Crippen molar-refractivity contribution in [3.05, 3.63) is 97.4 Å². The maximum absolute atomic E-state index is 6.20. The van der Waals surface area contributed by atoms with Gasteiger partial charge in [0.15, 0.2) is 6.21 Å². The number of hydrogen-bond donors (Lipinski definition) is 2. The van der Waals surface area contributed by atoms with Gasteiger partial charge in [0, 0.05) is 32.8 Å². The second kappa shape index (κ2) is 11.0. The Morgan fingerprint density at radius 3 is 2.04 bits per heavy atom. The van der Waals surface area contributed by atoms with Crippen LogP contribution in [0.1, 0.15) is 5.56 Å². The summed E-state index contributed by atoms with van der Waals surface area (Å²) in [6, 6.07) is 21.5. The van der Waals surface area contributed by atoms with Crippen molar-refractivity contribution in [1.82, 2.24) is 0 Å². The third-order valence-corrected chi connectivity index (χ3v) is 5.49. The summed E-state index contributed by atoms with van der Waals surface area (Å²) in [5.74, 6) is 0. The molecule has 3 rings (SSSR count). The smallest absolute Gasteiger partial charge is 0.203 e. The first kappa shape index (κ1) is 23.0. The van der Waals surface area contributed by atoms with Crippen LogP contribution in [-0.4, -0.2) is 6.21 Å². The molecule has 0 bridgehead atoms. The largest absolute Gasteiger partial charge is 1.00 e. The van der Waals surface area contributed by atoms with Gasteiger partial charge >= 0.3 is 0 Å². The Kier molecular flexibility index (Phi) is 9.06. The number of anilines is 1. The molecule has 0 unspecified atom stereocenters. The van der Waals surface area contributed by atoms with Crippen LogP contribution in [-0.2, 0) is 0 Å². The highest BCUT2D eigenvalue weighted by Crippen LogP contribution is 2.27. The molecule has 0 heterocycles. The second-order valence-corrected chi connectivity index (χ2v) is 8.30. The van der Waals surface area contributed by atoms with Gasteiger partial charge in [-0.1, -0.05) is 61.1 Å². The molecule has 0 fully saturated rings. The van der Waals surface area contributed by atoms with Crippen LogP contribution in [0.4, 0.5) is 11.4 Å². The molecule has 0 aliphatic carbocycles. The topological polar surface area (TPSA) is 26.0 Å². The standard InChI is InChI=1S/C21H14Br2Cl2N2.ClH/c22-15-2-6-17(7-3-15)26-12-11-21(14-1-10-19(24)20(25)13-14)27-18-8-4-16(23)5-9-18;/h1-13,27H;1H/b21-11+,26-12?;. The molecule has 2 nitrogen and oxygen atoms in total. The van der Waals surface area contributed by atoms with Crippen molar-refractivity contribution in [3.8, 4) is 0 Å². The van der Waals surface area contributed by atoms with Crippen LogP contribution >= 0.6 is 55.1 Å². The van der Waals surface area contributed by atoms with E-state index in [1.165, 1.54) is 0 Å². The zero-order chi connectivity index (χ0) is 19.2. The molecule has 3 aromatic carbocycles. The van der Waals surface area contributed by atoms with Gasteiger partial charge in [-0.15, -0.1) is 0 Å². The van der Waals surface area contributed by atoms with E-state index in [0.717, 1.165) is 31.6 Å². The summed E-state index contributed by atoms with van der Waals surface area (Å²) in [6.07, 6.45) is 3.84. The molecule has 0 aromatic heterocycles. The Bertz CT molecular complexity index is 986. The van der Waals surface area contributed by atoms with Crippen LogP contribution in [0.2, 0.25) is 10.0 Å². The van der Waals surface area contributed by atoms with E-state index in [1.54, 1.807) is 6.07 Å². The number of hydrogen-bond acceptors (Lipinski definition) is 1. The molecule has 0 atom stereocenters. The Morgan fingerprint density at radius 2 is 1.43 bits per heavy atom. The molecular formula is C21H15Br2Cl3N2. The maximum Gasteiger partial charge on any atom is 0.203 e. The SMILES string of the molecule is Clc1ccc(/C(=C\C=[NH+]c2ccc(Br)cc2)Nc2ccc(Br)cc2)cc1Cl.[Cl-]. The van der Waals surface area contributed by atoms with Gasteiger partial charge in [-0.05, 0) is 54.1 Å². The molecule has 0 spiro atoms. The van der Waals surface area contributed by atoms with Crippen LogP contribution in [0.15, 0.2) is 81.8 Å². The number of allylic oxidation sites excluding steroid dienone is 1. The quantitative estimate of drug-likeness (QED) is 0.459. The molecule has 0 aliphatic rings. The predicted molar refractivity (Wildman–Crippen MR) is 123 cm³/mol. The van der Waals surface area contributed by atoms with Gasteiger partial charge in [-0.3, -0.25) is 0 Å². The molecule has 0 radical (unpaired) electrons. The summed E-state index contributed by atoms with van der Waals surface area (Å²) < 4.78 is 2.06. The lowest BCUT2D eigenvalue weighted by atomic mass is 10.1. The lowest BCUT2D eigenvalue weighted by molar-refractivity contribution is -0.346. The fourth-order valence-electron chi connectivity index (χ4n) is 2.33. The van der Waals surface area contributed by atoms with E-state index in [2.05, 4.69) is 42.2 Å². The Hall–Kier alpha value is -1.30. The number of benzene rings is 3. The van der Waals surface area contributed by atoms with Crippen molar-refractivity contribution in [2.45, 2.75) is 0 Å². The second-order valence-electron chi connectivity index (χ2n) is 5.66. The first-order chi connectivity index (χ1) is 13.0. The van der Waals surface area contributed by atoms with E-state index in [0.29, 0.717) is 10.0 Å². The average molecular weight is 562 g/mol. The van der Waals surface area contributed by atoms with Gasteiger partial charge in [0.1, 0.15) is 0 Å². The Labute approximate surface area is 197 Å². The molecule has 2 N–H and O–H groups in total. The minimum absolute atomic E-state index is 0. The van der Waals surface area contributed by atoms with Crippen molar-refractivity contribution in [2.24, 2.45) is 0 Å². The van der Waals surface area contributed by atoms with Crippen molar-refractivity contribution < 1.29 is 17.4 Å². The predicted octanol–water partition coefficient (Wildman–Crippen LogP) is 3.46. The van der Waals surface area contributed by atoms with E-state index in [1.807, 2.05) is 73.0 Å². The first-order valence-electron chi connectivity index (χ1n) is 8.05. The summed E-state index contributed by atoms with van der Waals surface area (Å²) in [5.41, 5.74) is 3.78. The minimum atomic E-state index is 0. The normalized spacial score (nSPS) is 11.4. The summed E-state index contributed by atoms with van der Waals surface area (Å²) in [7, 11) is 0. The van der Waals surface area contributed by atoms with Crippen molar-refractivity contribution in [2.75, 3.05) is 5.32 Å². The molecule has 0 amide bonds. The monoisotopic (exact) mass is 558 g/mol. The molecule has 3 aromatic rings. The number of nitrogens with one attached hydrogen (secondary N) is 2. The fraction of sp³-hybridized carbons (Fsp3) is 0. The van der Waals surface area contributed by atoms with Gasteiger partial charge in [0.2, 0.25) is 5.69 Å². The van der Waals surface area contributed by atoms with E-state index in [9.17, 15) is 0 Å². The number of halogens is 5. The molecule has 28 heavy (non-hydrogen) atoms. The molecule has 0 saturated carbocycles. The molecule has 0 saturated heterocycles. The van der Waals surface area contributed by atoms with Crippen LogP contribution in [0.3, 0.4) is 0 Å². The van der Waals surface area contributed by atoms with Gasteiger partial charge < -0.3 is 17.7 Å². The summed E-state index contributed by atoms with van der Waals surface area (Å²) in [5, 5.41) is 4.47. The molecule has 144 valence electrons. The van der Waals surface area contributed by atoms with E-state index in [-0.39, 0.29) is 12.4 Å². The van der Waals surface area contributed by atoms with E-state index >= 15 is 0 Å². The minimum Gasteiger partial charge on any atom is -1.00 e. The average Bonchev–Trinajstić information content (AvgIpc) is 2.66. The highest BCUT2D eigenvalue weighted by atomic mass is 79.9. The molecule has 7 heteroatoms. The first-order valence-corrected chi connectivity index (χ1v) is 10.4. The van der Waals surface area contributed by atoms with Gasteiger partial charge in [0.05, 0.1) is 15.7 Å². The Morgan fingerprint density at radius 1 is 0.821 bits per heavy atom.